The average Bonchev–Trinajstić information content (AvgIpc) is 2.85. The molecule has 3 rings (SSSR count). The highest BCUT2D eigenvalue weighted by Gasteiger charge is 2.53. The van der Waals surface area contributed by atoms with Crippen LogP contribution in [0.2, 0.25) is 0 Å². The van der Waals surface area contributed by atoms with E-state index in [1.807, 2.05) is 0 Å². The predicted molar refractivity (Wildman–Crippen MR) is 117 cm³/mol. The molecule has 3 fully saturated rings. The molecule has 0 aromatic rings. The van der Waals surface area contributed by atoms with Crippen molar-refractivity contribution in [2.75, 3.05) is 33.9 Å². The van der Waals surface area contributed by atoms with Crippen molar-refractivity contribution in [2.45, 2.75) is 91.9 Å². The highest BCUT2D eigenvalue weighted by atomic mass is 16.7. The van der Waals surface area contributed by atoms with Crippen molar-refractivity contribution in [3.63, 3.8) is 0 Å². The summed E-state index contributed by atoms with van der Waals surface area (Å²) in [5.74, 6) is 0. The van der Waals surface area contributed by atoms with E-state index >= 15 is 0 Å². The summed E-state index contributed by atoms with van der Waals surface area (Å²) in [5.41, 5.74) is 11.7. The Morgan fingerprint density at radius 3 is 1.69 bits per heavy atom. The third-order valence-electron chi connectivity index (χ3n) is 6.85. The Balaban J connectivity index is 1.80. The minimum absolute atomic E-state index is 0.625. The van der Waals surface area contributed by atoms with E-state index in [2.05, 4.69) is 0 Å². The molecule has 2 unspecified atom stereocenters. The van der Waals surface area contributed by atoms with Crippen LogP contribution in [0.15, 0.2) is 0 Å². The topological polar surface area (TPSA) is 263 Å². The van der Waals surface area contributed by atoms with E-state index in [-0.39, 0.29) is 0 Å². The molecule has 212 valence electrons. The molecular weight excluding hydrogens is 490 g/mol. The third kappa shape index (κ3) is 5.84. The molecule has 0 radical (unpaired) electrons. The van der Waals surface area contributed by atoms with Gasteiger partial charge < -0.3 is 76.0 Å². The third-order valence-corrected chi connectivity index (χ3v) is 6.85. The molecule has 0 bridgehead atoms. The fourth-order valence-electron chi connectivity index (χ4n) is 4.69. The number of aliphatic hydroxyl groups is 8. The molecule has 16 heteroatoms. The van der Waals surface area contributed by atoms with E-state index in [0.29, 0.717) is 0 Å². The first-order valence-electron chi connectivity index (χ1n) is 11.6. The van der Waals surface area contributed by atoms with E-state index in [9.17, 15) is 40.9 Å². The lowest BCUT2D eigenvalue weighted by Gasteiger charge is -2.50. The normalized spacial score (nSPS) is 50.4. The Morgan fingerprint density at radius 2 is 1.14 bits per heavy atom. The molecule has 3 saturated heterocycles. The first-order valence-corrected chi connectivity index (χ1v) is 11.6. The van der Waals surface area contributed by atoms with Gasteiger partial charge in [0.1, 0.15) is 54.9 Å². The van der Waals surface area contributed by atoms with Gasteiger partial charge in [0, 0.05) is 0 Å². The predicted octanol–water partition coefficient (Wildman–Crippen LogP) is -7.07. The molecule has 0 spiro atoms. The molecule has 0 aromatic heterocycles. The number of aliphatic hydroxyl groups excluding tert-OH is 8. The van der Waals surface area contributed by atoms with Gasteiger partial charge in [-0.1, -0.05) is 0 Å². The van der Waals surface area contributed by atoms with E-state index in [0.717, 1.165) is 0 Å². The molecule has 0 aromatic carbocycles. The zero-order valence-electron chi connectivity index (χ0n) is 20.0. The highest BCUT2D eigenvalue weighted by Crippen LogP contribution is 2.33. The standard InChI is InChI=1S/C20H39N3O13/c1-23(2)11-15(30)17(35-19-10(22)13(28)12(27)6(3-24)33-19)8(5-26)34-20(11)36-16-7(4-25)32-18(31)9(21)14(16)29/h6-20,24-31H,3-5,21-22H2,1-2H3/t6-,7-,8-,9-,10-,11-,12-,13-,14-,15-,16?,17?,18-,19+,20+/m1/s1. The lowest BCUT2D eigenvalue weighted by molar-refractivity contribution is -0.356. The summed E-state index contributed by atoms with van der Waals surface area (Å²) in [6.07, 6.45) is -16.2. The Hall–Kier alpha value is -0.640. The molecule has 0 saturated carbocycles. The van der Waals surface area contributed by atoms with E-state index in [1.54, 1.807) is 14.1 Å². The van der Waals surface area contributed by atoms with Crippen molar-refractivity contribution in [2.24, 2.45) is 11.5 Å². The summed E-state index contributed by atoms with van der Waals surface area (Å²) in [7, 11) is 3.20. The summed E-state index contributed by atoms with van der Waals surface area (Å²) in [6, 6.07) is -3.48. The van der Waals surface area contributed by atoms with Crippen molar-refractivity contribution >= 4 is 0 Å². The summed E-state index contributed by atoms with van der Waals surface area (Å²) in [5, 5.41) is 80.9. The second-order valence-corrected chi connectivity index (χ2v) is 9.47. The number of rotatable bonds is 8. The van der Waals surface area contributed by atoms with Crippen LogP contribution in [0.5, 0.6) is 0 Å². The average molecular weight is 530 g/mol. The number of likely N-dealkylation sites (N-methyl/N-ethyl adjacent to an activating group) is 1. The molecule has 16 nitrogen and oxygen atoms in total. The van der Waals surface area contributed by atoms with Crippen LogP contribution in [0.3, 0.4) is 0 Å². The monoisotopic (exact) mass is 529 g/mol. The van der Waals surface area contributed by atoms with Gasteiger partial charge >= 0.3 is 0 Å². The minimum Gasteiger partial charge on any atom is -0.394 e. The Bertz CT molecular complexity index is 691. The summed E-state index contributed by atoms with van der Waals surface area (Å²) in [4.78, 5) is 1.54. The van der Waals surface area contributed by atoms with E-state index in [4.69, 9.17) is 35.2 Å². The number of nitrogens with two attached hydrogens (primary N) is 2. The van der Waals surface area contributed by atoms with Crippen LogP contribution in [-0.2, 0) is 23.7 Å². The SMILES string of the molecule is CN(C)[C@H]1[C@H](OC2[C@@H](CO)O[C@@H](O)[C@H](N)[C@H]2O)O[C@H](CO)C(O[C@@H]2O[C@H](CO)[C@@H](O)[C@H](O)[C@H]2N)[C@@H]1O. The van der Waals surface area contributed by atoms with Crippen molar-refractivity contribution < 1.29 is 64.5 Å². The molecule has 3 aliphatic heterocycles. The first-order chi connectivity index (χ1) is 17.0. The second-order valence-electron chi connectivity index (χ2n) is 9.47. The molecule has 3 aliphatic rings. The quantitative estimate of drug-likeness (QED) is 0.140. The van der Waals surface area contributed by atoms with Crippen LogP contribution in [0, 0.1) is 0 Å². The Labute approximate surface area is 207 Å². The van der Waals surface area contributed by atoms with Gasteiger partial charge in [0.15, 0.2) is 18.9 Å². The van der Waals surface area contributed by atoms with Crippen molar-refractivity contribution in [1.82, 2.24) is 4.90 Å². The smallest absolute Gasteiger partial charge is 0.176 e. The van der Waals surface area contributed by atoms with Crippen LogP contribution in [0.25, 0.3) is 0 Å². The Morgan fingerprint density at radius 1 is 0.639 bits per heavy atom. The summed E-state index contributed by atoms with van der Waals surface area (Å²) < 4.78 is 28.3. The lowest BCUT2D eigenvalue weighted by Crippen LogP contribution is -2.69. The molecule has 12 N–H and O–H groups in total. The van der Waals surface area contributed by atoms with Crippen LogP contribution in [0.4, 0.5) is 0 Å². The summed E-state index contributed by atoms with van der Waals surface area (Å²) >= 11 is 0. The van der Waals surface area contributed by atoms with Crippen LogP contribution in [0.1, 0.15) is 0 Å². The van der Waals surface area contributed by atoms with Gasteiger partial charge in [0.05, 0.1) is 37.9 Å². The molecule has 36 heavy (non-hydrogen) atoms. The van der Waals surface area contributed by atoms with Crippen LogP contribution >= 0.6 is 0 Å². The molecular formula is C20H39N3O13. The minimum atomic E-state index is -1.54. The molecule has 0 aliphatic carbocycles. The lowest BCUT2D eigenvalue weighted by atomic mass is 9.93. The largest absolute Gasteiger partial charge is 0.394 e. The van der Waals surface area contributed by atoms with Gasteiger partial charge in [-0.05, 0) is 14.1 Å². The van der Waals surface area contributed by atoms with Crippen molar-refractivity contribution in [3.05, 3.63) is 0 Å². The van der Waals surface area contributed by atoms with E-state index in [1.165, 1.54) is 4.90 Å². The fraction of sp³-hybridized carbons (Fsp3) is 1.00. The van der Waals surface area contributed by atoms with Gasteiger partial charge in [-0.25, -0.2) is 0 Å². The fourth-order valence-corrected chi connectivity index (χ4v) is 4.69. The highest BCUT2D eigenvalue weighted by molar-refractivity contribution is 4.99. The van der Waals surface area contributed by atoms with Gasteiger partial charge in [-0.2, -0.15) is 0 Å². The van der Waals surface area contributed by atoms with Crippen molar-refractivity contribution in [3.8, 4) is 0 Å². The molecule has 15 atom stereocenters. The number of ether oxygens (including phenoxy) is 5. The van der Waals surface area contributed by atoms with Crippen LogP contribution in [-0.4, -0.2) is 172 Å². The number of hydrogen-bond donors (Lipinski definition) is 10. The first kappa shape index (κ1) is 29.9. The number of nitrogens with zero attached hydrogens (tertiary/aromatic N) is 1. The molecule has 0 amide bonds. The zero-order valence-corrected chi connectivity index (χ0v) is 20.0. The Kier molecular flexibility index (Phi) is 10.4. The second kappa shape index (κ2) is 12.5. The maximum Gasteiger partial charge on any atom is 0.176 e. The van der Waals surface area contributed by atoms with Gasteiger partial charge in [0.25, 0.3) is 0 Å². The zero-order chi connectivity index (χ0) is 26.9. The van der Waals surface area contributed by atoms with Gasteiger partial charge in [-0.15, -0.1) is 0 Å². The maximum atomic E-state index is 11.2. The van der Waals surface area contributed by atoms with Gasteiger partial charge in [-0.3, -0.25) is 4.90 Å². The maximum absolute atomic E-state index is 11.2. The molecule has 3 heterocycles. The number of hydrogen-bond acceptors (Lipinski definition) is 16. The summed E-state index contributed by atoms with van der Waals surface area (Å²) in [6.45, 7) is -1.92. The van der Waals surface area contributed by atoms with Gasteiger partial charge in [0.2, 0.25) is 0 Å². The van der Waals surface area contributed by atoms with Crippen LogP contribution < -0.4 is 11.5 Å². The van der Waals surface area contributed by atoms with Crippen molar-refractivity contribution in [1.29, 1.82) is 0 Å². The van der Waals surface area contributed by atoms with E-state index < -0.39 is 112 Å².